The summed E-state index contributed by atoms with van der Waals surface area (Å²) in [6.07, 6.45) is 1.33. The van der Waals surface area contributed by atoms with E-state index in [1.54, 1.807) is 43.3 Å². The van der Waals surface area contributed by atoms with Gasteiger partial charge in [-0.1, -0.05) is 27.5 Å². The molecule has 0 atom stereocenters. The predicted molar refractivity (Wildman–Crippen MR) is 100 cm³/mol. The summed E-state index contributed by atoms with van der Waals surface area (Å²) in [5.74, 6) is -0.807. The van der Waals surface area contributed by atoms with E-state index in [1.165, 1.54) is 6.21 Å². The number of aryl methyl sites for hydroxylation is 1. The second-order valence-electron chi connectivity index (χ2n) is 5.14. The van der Waals surface area contributed by atoms with E-state index in [0.717, 1.165) is 4.47 Å². The Bertz CT molecular complexity index is 823. The van der Waals surface area contributed by atoms with Crippen LogP contribution in [0.1, 0.15) is 21.5 Å². The SMILES string of the molecule is Cc1cc(Br)cc(C=NNC(=O)CNC(=O)c2ccc(Cl)cc2)c1O. The largest absolute Gasteiger partial charge is 0.507 e. The summed E-state index contributed by atoms with van der Waals surface area (Å²) in [6, 6.07) is 9.73. The maximum absolute atomic E-state index is 11.9. The van der Waals surface area contributed by atoms with Gasteiger partial charge in [-0.2, -0.15) is 5.10 Å². The Labute approximate surface area is 158 Å². The van der Waals surface area contributed by atoms with Gasteiger partial charge in [-0.15, -0.1) is 0 Å². The molecule has 6 nitrogen and oxygen atoms in total. The van der Waals surface area contributed by atoms with E-state index in [2.05, 4.69) is 31.8 Å². The maximum atomic E-state index is 11.9. The van der Waals surface area contributed by atoms with Crippen molar-refractivity contribution >= 4 is 45.6 Å². The molecule has 8 heteroatoms. The molecule has 0 aliphatic carbocycles. The number of phenolic OH excluding ortho intramolecular Hbond substituents is 1. The van der Waals surface area contributed by atoms with Gasteiger partial charge in [0, 0.05) is 20.6 Å². The normalized spacial score (nSPS) is 10.7. The summed E-state index contributed by atoms with van der Waals surface area (Å²) in [4.78, 5) is 23.6. The van der Waals surface area contributed by atoms with Crippen LogP contribution in [0.3, 0.4) is 0 Å². The number of carbonyl (C=O) groups is 2. The van der Waals surface area contributed by atoms with Crippen molar-refractivity contribution in [3.05, 3.63) is 62.6 Å². The molecule has 2 aromatic rings. The first-order valence-electron chi connectivity index (χ1n) is 7.21. The lowest BCUT2D eigenvalue weighted by Gasteiger charge is -2.05. The fourth-order valence-electron chi connectivity index (χ4n) is 1.94. The first kappa shape index (κ1) is 19.0. The molecule has 0 aromatic heterocycles. The van der Waals surface area contributed by atoms with E-state index in [4.69, 9.17) is 11.6 Å². The fraction of sp³-hybridized carbons (Fsp3) is 0.118. The Morgan fingerprint density at radius 1 is 1.28 bits per heavy atom. The molecule has 2 aromatic carbocycles. The minimum Gasteiger partial charge on any atom is -0.507 e. The molecule has 0 saturated carbocycles. The van der Waals surface area contributed by atoms with E-state index >= 15 is 0 Å². The molecule has 0 radical (unpaired) electrons. The number of nitrogens with zero attached hydrogens (tertiary/aromatic N) is 1. The van der Waals surface area contributed by atoms with Crippen molar-refractivity contribution in [3.63, 3.8) is 0 Å². The Morgan fingerprint density at radius 3 is 2.64 bits per heavy atom. The van der Waals surface area contributed by atoms with Gasteiger partial charge in [-0.3, -0.25) is 9.59 Å². The van der Waals surface area contributed by atoms with Crippen LogP contribution in [0.25, 0.3) is 0 Å². The number of rotatable bonds is 5. The number of carbonyl (C=O) groups excluding carboxylic acids is 2. The molecule has 0 fully saturated rings. The highest BCUT2D eigenvalue weighted by Crippen LogP contribution is 2.25. The van der Waals surface area contributed by atoms with Gasteiger partial charge >= 0.3 is 0 Å². The van der Waals surface area contributed by atoms with Crippen molar-refractivity contribution in [2.75, 3.05) is 6.54 Å². The average molecular weight is 425 g/mol. The lowest BCUT2D eigenvalue weighted by Crippen LogP contribution is -2.34. The average Bonchev–Trinajstić information content (AvgIpc) is 2.57. The van der Waals surface area contributed by atoms with E-state index in [0.29, 0.717) is 21.7 Å². The molecule has 0 unspecified atom stereocenters. The Kier molecular flexibility index (Phi) is 6.55. The topological polar surface area (TPSA) is 90.8 Å². The third kappa shape index (κ3) is 5.58. The standard InChI is InChI=1S/C17H15BrClN3O3/c1-10-6-13(18)7-12(16(10)24)8-21-22-15(23)9-20-17(25)11-2-4-14(19)5-3-11/h2-8,24H,9H2,1H3,(H,20,25)(H,22,23). The molecule has 0 saturated heterocycles. The van der Waals surface area contributed by atoms with Crippen molar-refractivity contribution < 1.29 is 14.7 Å². The number of halogens is 2. The first-order chi connectivity index (χ1) is 11.9. The van der Waals surface area contributed by atoms with Crippen molar-refractivity contribution in [2.45, 2.75) is 6.92 Å². The molecule has 0 aliphatic rings. The molecule has 25 heavy (non-hydrogen) atoms. The van der Waals surface area contributed by atoms with Gasteiger partial charge in [-0.25, -0.2) is 5.43 Å². The third-order valence-corrected chi connectivity index (χ3v) is 3.91. The minimum atomic E-state index is -0.496. The zero-order valence-electron chi connectivity index (χ0n) is 13.2. The van der Waals surface area contributed by atoms with Crippen molar-refractivity contribution in [3.8, 4) is 5.75 Å². The molecule has 130 valence electrons. The maximum Gasteiger partial charge on any atom is 0.259 e. The molecule has 0 heterocycles. The zero-order valence-corrected chi connectivity index (χ0v) is 15.6. The van der Waals surface area contributed by atoms with Crippen molar-refractivity contribution in [2.24, 2.45) is 5.10 Å². The lowest BCUT2D eigenvalue weighted by molar-refractivity contribution is -0.120. The monoisotopic (exact) mass is 423 g/mol. The van der Waals surface area contributed by atoms with E-state index in [9.17, 15) is 14.7 Å². The molecule has 2 rings (SSSR count). The molecular weight excluding hydrogens is 410 g/mol. The number of aromatic hydroxyl groups is 1. The molecule has 2 amide bonds. The van der Waals surface area contributed by atoms with E-state index in [-0.39, 0.29) is 12.3 Å². The Balaban J connectivity index is 1.86. The molecular formula is C17H15BrClN3O3. The van der Waals surface area contributed by atoms with Gasteiger partial charge in [0.25, 0.3) is 11.8 Å². The van der Waals surface area contributed by atoms with Gasteiger partial charge in [0.1, 0.15) is 5.75 Å². The minimum absolute atomic E-state index is 0.0808. The van der Waals surface area contributed by atoms with Crippen LogP contribution in [0.5, 0.6) is 5.75 Å². The summed E-state index contributed by atoms with van der Waals surface area (Å²) in [5, 5.41) is 16.7. The van der Waals surface area contributed by atoms with Gasteiger partial charge in [-0.05, 0) is 48.9 Å². The highest BCUT2D eigenvalue weighted by Gasteiger charge is 2.08. The van der Waals surface area contributed by atoms with Crippen LogP contribution in [0.15, 0.2) is 46.0 Å². The van der Waals surface area contributed by atoms with Crippen LogP contribution in [-0.4, -0.2) is 29.7 Å². The van der Waals surface area contributed by atoms with Crippen LogP contribution in [0.4, 0.5) is 0 Å². The number of hydrogen-bond donors (Lipinski definition) is 3. The summed E-state index contributed by atoms with van der Waals surface area (Å²) in [7, 11) is 0. The fourth-order valence-corrected chi connectivity index (χ4v) is 2.65. The molecule has 0 spiro atoms. The second kappa shape index (κ2) is 8.64. The Hall–Kier alpha value is -2.38. The number of hydrazone groups is 1. The van der Waals surface area contributed by atoms with Crippen LogP contribution >= 0.6 is 27.5 Å². The third-order valence-electron chi connectivity index (χ3n) is 3.20. The van der Waals surface area contributed by atoms with Gasteiger partial charge in [0.15, 0.2) is 0 Å². The van der Waals surface area contributed by atoms with E-state index in [1.807, 2.05) is 0 Å². The van der Waals surface area contributed by atoms with Gasteiger partial charge in [0.05, 0.1) is 12.8 Å². The van der Waals surface area contributed by atoms with Crippen LogP contribution in [-0.2, 0) is 4.79 Å². The quantitative estimate of drug-likeness (QED) is 0.509. The molecule has 0 aliphatic heterocycles. The summed E-state index contributed by atoms with van der Waals surface area (Å²) in [5.41, 5.74) is 3.81. The predicted octanol–water partition coefficient (Wildman–Crippen LogP) is 3.00. The summed E-state index contributed by atoms with van der Waals surface area (Å²) < 4.78 is 0.783. The summed E-state index contributed by atoms with van der Waals surface area (Å²) >= 11 is 9.07. The number of hydrogen-bond acceptors (Lipinski definition) is 4. The highest BCUT2D eigenvalue weighted by molar-refractivity contribution is 9.10. The number of amides is 2. The zero-order chi connectivity index (χ0) is 18.4. The van der Waals surface area contributed by atoms with Crippen molar-refractivity contribution in [1.29, 1.82) is 0 Å². The second-order valence-corrected chi connectivity index (χ2v) is 6.50. The summed E-state index contributed by atoms with van der Waals surface area (Å²) in [6.45, 7) is 1.52. The van der Waals surface area contributed by atoms with Gasteiger partial charge in [0.2, 0.25) is 0 Å². The lowest BCUT2D eigenvalue weighted by atomic mass is 10.1. The molecule has 3 N–H and O–H groups in total. The van der Waals surface area contributed by atoms with Crippen molar-refractivity contribution in [1.82, 2.24) is 10.7 Å². The molecule has 0 bridgehead atoms. The van der Waals surface area contributed by atoms with E-state index < -0.39 is 11.8 Å². The number of nitrogens with one attached hydrogen (secondary N) is 2. The van der Waals surface area contributed by atoms with Crippen LogP contribution in [0.2, 0.25) is 5.02 Å². The number of benzene rings is 2. The Morgan fingerprint density at radius 2 is 1.96 bits per heavy atom. The first-order valence-corrected chi connectivity index (χ1v) is 8.38. The highest BCUT2D eigenvalue weighted by atomic mass is 79.9. The van der Waals surface area contributed by atoms with Crippen LogP contribution in [0, 0.1) is 6.92 Å². The van der Waals surface area contributed by atoms with Gasteiger partial charge < -0.3 is 10.4 Å². The van der Waals surface area contributed by atoms with Crippen LogP contribution < -0.4 is 10.7 Å². The smallest absolute Gasteiger partial charge is 0.259 e. The number of phenols is 1.